The Bertz CT molecular complexity index is 959. The summed E-state index contributed by atoms with van der Waals surface area (Å²) in [5.74, 6) is 0.173. The maximum Gasteiger partial charge on any atom is 0.343 e. The molecule has 0 aromatic heterocycles. The molecule has 0 aliphatic carbocycles. The number of nitrogens with one attached hydrogen (secondary N) is 1. The fourth-order valence-electron chi connectivity index (χ4n) is 3.20. The highest BCUT2D eigenvalue weighted by Gasteiger charge is 2.36. The van der Waals surface area contributed by atoms with E-state index in [1.165, 1.54) is 14.2 Å². The molecule has 1 unspecified atom stereocenters. The third-order valence-corrected chi connectivity index (χ3v) is 4.88. The first-order chi connectivity index (χ1) is 14.9. The van der Waals surface area contributed by atoms with Crippen LogP contribution in [-0.2, 0) is 19.1 Å². The highest BCUT2D eigenvalue weighted by atomic mass is 16.6. The molecule has 1 N–H and O–H groups in total. The van der Waals surface area contributed by atoms with Crippen molar-refractivity contribution in [1.82, 2.24) is 0 Å². The number of hydrogen-bond donors (Lipinski definition) is 1. The van der Waals surface area contributed by atoms with Crippen molar-refractivity contribution in [2.45, 2.75) is 6.42 Å². The van der Waals surface area contributed by atoms with E-state index in [1.54, 1.807) is 54.5 Å². The molecule has 9 nitrogen and oxygen atoms in total. The Morgan fingerprint density at radius 1 is 1.03 bits per heavy atom. The summed E-state index contributed by atoms with van der Waals surface area (Å²) >= 11 is 0. The van der Waals surface area contributed by atoms with Crippen molar-refractivity contribution in [3.8, 4) is 17.2 Å². The lowest BCUT2D eigenvalue weighted by atomic mass is 10.1. The first-order valence-electron chi connectivity index (χ1n) is 9.58. The van der Waals surface area contributed by atoms with Crippen LogP contribution in [0.2, 0.25) is 0 Å². The Hall–Kier alpha value is -3.75. The Balaban J connectivity index is 1.62. The standard InChI is InChI=1S/C22H24N2O7/c1-28-17-8-9-18(19(11-17)29-2)24-12-14(10-20(24)25)22(27)23-15-4-6-16(7-5-15)31-13-21(26)30-3/h4-9,11,14H,10,12-13H2,1-3H3,(H,23,27). The Labute approximate surface area is 179 Å². The van der Waals surface area contributed by atoms with E-state index in [4.69, 9.17) is 14.2 Å². The van der Waals surface area contributed by atoms with Gasteiger partial charge in [0.05, 0.1) is 32.9 Å². The fraction of sp³-hybridized carbons (Fsp3) is 0.318. The van der Waals surface area contributed by atoms with Crippen molar-refractivity contribution in [2.24, 2.45) is 5.92 Å². The van der Waals surface area contributed by atoms with Gasteiger partial charge >= 0.3 is 5.97 Å². The topological polar surface area (TPSA) is 103 Å². The van der Waals surface area contributed by atoms with Crippen molar-refractivity contribution >= 4 is 29.2 Å². The van der Waals surface area contributed by atoms with Crippen LogP contribution in [0, 0.1) is 5.92 Å². The summed E-state index contributed by atoms with van der Waals surface area (Å²) in [4.78, 5) is 37.9. The molecule has 1 aliphatic heterocycles. The van der Waals surface area contributed by atoms with Crippen molar-refractivity contribution in [2.75, 3.05) is 44.7 Å². The summed E-state index contributed by atoms with van der Waals surface area (Å²) in [6.07, 6.45) is 0.0986. The van der Waals surface area contributed by atoms with E-state index in [2.05, 4.69) is 10.1 Å². The lowest BCUT2D eigenvalue weighted by Gasteiger charge is -2.20. The lowest BCUT2D eigenvalue weighted by molar-refractivity contribution is -0.142. The van der Waals surface area contributed by atoms with Crippen LogP contribution in [-0.4, -0.2) is 52.3 Å². The van der Waals surface area contributed by atoms with Gasteiger partial charge in [-0.2, -0.15) is 0 Å². The highest BCUT2D eigenvalue weighted by Crippen LogP contribution is 2.36. The fourth-order valence-corrected chi connectivity index (χ4v) is 3.20. The number of nitrogens with zero attached hydrogens (tertiary/aromatic N) is 1. The molecule has 164 valence electrons. The number of carbonyl (C=O) groups is 3. The molecule has 0 spiro atoms. The lowest BCUT2D eigenvalue weighted by Crippen LogP contribution is -2.28. The van der Waals surface area contributed by atoms with Gasteiger partial charge in [-0.25, -0.2) is 4.79 Å². The number of methoxy groups -OCH3 is 3. The van der Waals surface area contributed by atoms with Gasteiger partial charge in [0.15, 0.2) is 6.61 Å². The average Bonchev–Trinajstić information content (AvgIpc) is 3.19. The van der Waals surface area contributed by atoms with Gasteiger partial charge in [-0.15, -0.1) is 0 Å². The summed E-state index contributed by atoms with van der Waals surface area (Å²) in [5, 5.41) is 2.81. The first kappa shape index (κ1) is 21.9. The Morgan fingerprint density at radius 2 is 1.74 bits per heavy atom. The number of anilines is 2. The molecule has 0 saturated carbocycles. The zero-order valence-corrected chi connectivity index (χ0v) is 17.5. The van der Waals surface area contributed by atoms with E-state index >= 15 is 0 Å². The molecular weight excluding hydrogens is 404 g/mol. The molecule has 31 heavy (non-hydrogen) atoms. The Kier molecular flexibility index (Phi) is 6.96. The zero-order chi connectivity index (χ0) is 22.4. The number of esters is 1. The number of carbonyl (C=O) groups excluding carboxylic acids is 3. The molecule has 1 fully saturated rings. The third-order valence-electron chi connectivity index (χ3n) is 4.88. The van der Waals surface area contributed by atoms with Crippen LogP contribution < -0.4 is 24.4 Å². The molecule has 2 amide bonds. The molecule has 9 heteroatoms. The van der Waals surface area contributed by atoms with Crippen LogP contribution in [0.25, 0.3) is 0 Å². The second kappa shape index (κ2) is 9.84. The van der Waals surface area contributed by atoms with Crippen molar-refractivity contribution in [3.63, 3.8) is 0 Å². The largest absolute Gasteiger partial charge is 0.497 e. The second-order valence-corrected chi connectivity index (χ2v) is 6.82. The summed E-state index contributed by atoms with van der Waals surface area (Å²) in [5.41, 5.74) is 1.15. The van der Waals surface area contributed by atoms with Crippen LogP contribution in [0.5, 0.6) is 17.2 Å². The van der Waals surface area contributed by atoms with Gasteiger partial charge in [0.2, 0.25) is 11.8 Å². The molecule has 1 atom stereocenters. The molecule has 2 aromatic carbocycles. The SMILES string of the molecule is COC(=O)COc1ccc(NC(=O)C2CC(=O)N(c3ccc(OC)cc3OC)C2)cc1. The van der Waals surface area contributed by atoms with E-state index in [0.717, 1.165) is 0 Å². The minimum Gasteiger partial charge on any atom is -0.497 e. The van der Waals surface area contributed by atoms with Crippen LogP contribution in [0.3, 0.4) is 0 Å². The van der Waals surface area contributed by atoms with Crippen molar-refractivity contribution < 1.29 is 33.3 Å². The molecule has 0 bridgehead atoms. The van der Waals surface area contributed by atoms with E-state index in [1.807, 2.05) is 0 Å². The molecule has 1 aliphatic rings. The quantitative estimate of drug-likeness (QED) is 0.643. The minimum atomic E-state index is -0.505. The van der Waals surface area contributed by atoms with Crippen molar-refractivity contribution in [1.29, 1.82) is 0 Å². The number of hydrogen-bond acceptors (Lipinski definition) is 7. The normalized spacial score (nSPS) is 15.4. The maximum atomic E-state index is 12.7. The first-order valence-corrected chi connectivity index (χ1v) is 9.58. The summed E-state index contributed by atoms with van der Waals surface area (Å²) in [7, 11) is 4.35. The monoisotopic (exact) mass is 428 g/mol. The summed E-state index contributed by atoms with van der Waals surface area (Å²) in [6.45, 7) is 0.0464. The molecular formula is C22H24N2O7. The van der Waals surface area contributed by atoms with E-state index in [9.17, 15) is 14.4 Å². The summed E-state index contributed by atoms with van der Waals surface area (Å²) in [6, 6.07) is 11.8. The van der Waals surface area contributed by atoms with Crippen LogP contribution in [0.1, 0.15) is 6.42 Å². The van der Waals surface area contributed by atoms with E-state index in [0.29, 0.717) is 28.6 Å². The number of amides is 2. The third kappa shape index (κ3) is 5.25. The molecule has 0 radical (unpaired) electrons. The number of benzene rings is 2. The van der Waals surface area contributed by atoms with Gasteiger partial charge in [-0.3, -0.25) is 9.59 Å². The van der Waals surface area contributed by atoms with Crippen LogP contribution in [0.15, 0.2) is 42.5 Å². The van der Waals surface area contributed by atoms with Gasteiger partial charge in [0.25, 0.3) is 0 Å². The summed E-state index contributed by atoms with van der Waals surface area (Å²) < 4.78 is 20.4. The van der Waals surface area contributed by atoms with Gasteiger partial charge < -0.3 is 29.2 Å². The van der Waals surface area contributed by atoms with Crippen molar-refractivity contribution in [3.05, 3.63) is 42.5 Å². The van der Waals surface area contributed by atoms with E-state index < -0.39 is 11.9 Å². The number of ether oxygens (including phenoxy) is 4. The smallest absolute Gasteiger partial charge is 0.343 e. The predicted octanol–water partition coefficient (Wildman–Crippen LogP) is 2.25. The van der Waals surface area contributed by atoms with Crippen LogP contribution >= 0.6 is 0 Å². The highest BCUT2D eigenvalue weighted by molar-refractivity contribution is 6.04. The average molecular weight is 428 g/mol. The van der Waals surface area contributed by atoms with Gasteiger partial charge in [0.1, 0.15) is 17.2 Å². The van der Waals surface area contributed by atoms with E-state index in [-0.39, 0.29) is 31.4 Å². The van der Waals surface area contributed by atoms with Crippen LogP contribution in [0.4, 0.5) is 11.4 Å². The molecule has 1 heterocycles. The molecule has 2 aromatic rings. The number of rotatable bonds is 8. The molecule has 1 saturated heterocycles. The van der Waals surface area contributed by atoms with Gasteiger partial charge in [-0.05, 0) is 36.4 Å². The van der Waals surface area contributed by atoms with Gasteiger partial charge in [0, 0.05) is 24.7 Å². The van der Waals surface area contributed by atoms with Gasteiger partial charge in [-0.1, -0.05) is 0 Å². The zero-order valence-electron chi connectivity index (χ0n) is 17.5. The maximum absolute atomic E-state index is 12.7. The molecule has 3 rings (SSSR count). The predicted molar refractivity (Wildman–Crippen MR) is 113 cm³/mol. The second-order valence-electron chi connectivity index (χ2n) is 6.82. The minimum absolute atomic E-state index is 0.0986. The Morgan fingerprint density at radius 3 is 2.39 bits per heavy atom.